The van der Waals surface area contributed by atoms with E-state index in [0.29, 0.717) is 11.1 Å². The van der Waals surface area contributed by atoms with Gasteiger partial charge in [-0.05, 0) is 23.1 Å². The van der Waals surface area contributed by atoms with Gasteiger partial charge in [-0.25, -0.2) is 9.18 Å². The summed E-state index contributed by atoms with van der Waals surface area (Å²) < 4.78 is 19.8. The fraction of sp³-hybridized carbons (Fsp3) is 0.250. The number of carbonyl (C=O) groups is 1. The Kier molecular flexibility index (Phi) is 6.27. The lowest BCUT2D eigenvalue weighted by Crippen LogP contribution is -2.06. The molecule has 3 nitrogen and oxygen atoms in total. The smallest absolute Gasteiger partial charge is 0.330 e. The molecule has 0 radical (unpaired) electrons. The van der Waals surface area contributed by atoms with Crippen molar-refractivity contribution >= 4 is 5.97 Å². The van der Waals surface area contributed by atoms with Gasteiger partial charge in [0.05, 0.1) is 6.61 Å². The van der Waals surface area contributed by atoms with E-state index in [1.807, 2.05) is 24.3 Å². The van der Waals surface area contributed by atoms with Gasteiger partial charge in [0.1, 0.15) is 12.4 Å². The van der Waals surface area contributed by atoms with Crippen LogP contribution in [0.15, 0.2) is 49.1 Å². The van der Waals surface area contributed by atoms with Crippen molar-refractivity contribution < 1.29 is 19.0 Å². The molecule has 126 valence electrons. The van der Waals surface area contributed by atoms with Gasteiger partial charge in [0.2, 0.25) is 0 Å². The summed E-state index contributed by atoms with van der Waals surface area (Å²) in [4.78, 5) is 11.2. The first-order chi connectivity index (χ1) is 11.6. The van der Waals surface area contributed by atoms with Gasteiger partial charge < -0.3 is 9.84 Å². The Labute approximate surface area is 141 Å². The van der Waals surface area contributed by atoms with Crippen LogP contribution in [0.3, 0.4) is 0 Å². The standard InChI is InChI=1S/C20H21FO3/c1-3-5-14-6-8-15(9-7-14)17-11-10-16(12-22)18(20(17)21)13-24-19(23)4-2/h4,6-11,22H,2-3,5,12-13H2,1H3. The zero-order chi connectivity index (χ0) is 17.5. The average molecular weight is 328 g/mol. The molecule has 0 atom stereocenters. The SMILES string of the molecule is C=CC(=O)OCc1c(CO)ccc(-c2ccc(CCC)cc2)c1F. The van der Waals surface area contributed by atoms with Gasteiger partial charge in [-0.3, -0.25) is 0 Å². The topological polar surface area (TPSA) is 46.5 Å². The molecule has 4 heteroatoms. The molecule has 0 aliphatic carbocycles. The highest BCUT2D eigenvalue weighted by atomic mass is 19.1. The third-order valence-electron chi connectivity index (χ3n) is 3.84. The van der Waals surface area contributed by atoms with Crippen LogP contribution in [0.4, 0.5) is 4.39 Å². The van der Waals surface area contributed by atoms with E-state index < -0.39 is 11.8 Å². The zero-order valence-electron chi connectivity index (χ0n) is 13.7. The predicted molar refractivity (Wildman–Crippen MR) is 91.7 cm³/mol. The van der Waals surface area contributed by atoms with Crippen LogP contribution in [0, 0.1) is 5.82 Å². The molecule has 0 saturated heterocycles. The van der Waals surface area contributed by atoms with Crippen LogP contribution in [0.25, 0.3) is 11.1 Å². The van der Waals surface area contributed by atoms with E-state index in [4.69, 9.17) is 4.74 Å². The number of aryl methyl sites for hydroxylation is 1. The Bertz CT molecular complexity index is 720. The lowest BCUT2D eigenvalue weighted by Gasteiger charge is -2.13. The first kappa shape index (κ1) is 17.9. The summed E-state index contributed by atoms with van der Waals surface area (Å²) in [5, 5.41) is 9.39. The van der Waals surface area contributed by atoms with Crippen molar-refractivity contribution in [2.24, 2.45) is 0 Å². The lowest BCUT2D eigenvalue weighted by molar-refractivity contribution is -0.139. The van der Waals surface area contributed by atoms with Crippen LogP contribution in [-0.2, 0) is 29.2 Å². The molecule has 24 heavy (non-hydrogen) atoms. The Hall–Kier alpha value is -2.46. The second kappa shape index (κ2) is 8.41. The summed E-state index contributed by atoms with van der Waals surface area (Å²) in [5.74, 6) is -1.12. The van der Waals surface area contributed by atoms with Crippen LogP contribution in [0.1, 0.15) is 30.0 Å². The maximum Gasteiger partial charge on any atom is 0.330 e. The van der Waals surface area contributed by atoms with Crippen molar-refractivity contribution in [2.75, 3.05) is 0 Å². The Balaban J connectivity index is 2.36. The first-order valence-corrected chi connectivity index (χ1v) is 7.90. The quantitative estimate of drug-likeness (QED) is 0.613. The summed E-state index contributed by atoms with van der Waals surface area (Å²) in [6.07, 6.45) is 3.06. The summed E-state index contributed by atoms with van der Waals surface area (Å²) >= 11 is 0. The predicted octanol–water partition coefficient (Wildman–Crippen LogP) is 4.17. The first-order valence-electron chi connectivity index (χ1n) is 7.90. The molecule has 2 aromatic rings. The minimum absolute atomic E-state index is 0.183. The molecule has 0 fully saturated rings. The minimum Gasteiger partial charge on any atom is -0.458 e. The van der Waals surface area contributed by atoms with Crippen LogP contribution in [-0.4, -0.2) is 11.1 Å². The summed E-state index contributed by atoms with van der Waals surface area (Å²) in [6, 6.07) is 11.0. The van der Waals surface area contributed by atoms with Crippen LogP contribution < -0.4 is 0 Å². The van der Waals surface area contributed by atoms with E-state index in [-0.39, 0.29) is 18.8 Å². The van der Waals surface area contributed by atoms with E-state index in [1.54, 1.807) is 12.1 Å². The van der Waals surface area contributed by atoms with Crippen LogP contribution in [0.2, 0.25) is 0 Å². The maximum atomic E-state index is 14.9. The van der Waals surface area contributed by atoms with Crippen molar-refractivity contribution in [3.63, 3.8) is 0 Å². The van der Waals surface area contributed by atoms with Crippen molar-refractivity contribution in [1.82, 2.24) is 0 Å². The van der Waals surface area contributed by atoms with Gasteiger partial charge in [-0.1, -0.05) is 56.3 Å². The van der Waals surface area contributed by atoms with Crippen molar-refractivity contribution in [1.29, 1.82) is 0 Å². The number of ether oxygens (including phenoxy) is 1. The van der Waals surface area contributed by atoms with Crippen molar-refractivity contribution in [2.45, 2.75) is 33.0 Å². The Morgan fingerprint density at radius 1 is 1.25 bits per heavy atom. The number of aliphatic hydroxyl groups is 1. The Morgan fingerprint density at radius 3 is 2.54 bits per heavy atom. The summed E-state index contributed by atoms with van der Waals surface area (Å²) in [5.41, 5.74) is 2.94. The molecule has 0 aromatic heterocycles. The third kappa shape index (κ3) is 4.09. The molecular formula is C20H21FO3. The zero-order valence-corrected chi connectivity index (χ0v) is 13.7. The highest BCUT2D eigenvalue weighted by Gasteiger charge is 2.15. The second-order valence-corrected chi connectivity index (χ2v) is 5.48. The average Bonchev–Trinajstić information content (AvgIpc) is 2.61. The molecule has 1 N–H and O–H groups in total. The second-order valence-electron chi connectivity index (χ2n) is 5.48. The molecule has 0 heterocycles. The van der Waals surface area contributed by atoms with Gasteiger partial charge in [-0.2, -0.15) is 0 Å². The number of benzene rings is 2. The van der Waals surface area contributed by atoms with E-state index in [1.165, 1.54) is 5.56 Å². The highest BCUT2D eigenvalue weighted by Crippen LogP contribution is 2.28. The maximum absolute atomic E-state index is 14.9. The van der Waals surface area contributed by atoms with Crippen LogP contribution in [0.5, 0.6) is 0 Å². The number of aliphatic hydroxyl groups excluding tert-OH is 1. The molecular weight excluding hydrogens is 307 g/mol. The molecule has 2 rings (SSSR count). The number of rotatable bonds is 7. The van der Waals surface area contributed by atoms with Gasteiger partial charge >= 0.3 is 5.97 Å². The monoisotopic (exact) mass is 328 g/mol. The molecule has 0 spiro atoms. The fourth-order valence-electron chi connectivity index (χ4n) is 2.53. The number of carbonyl (C=O) groups excluding carboxylic acids is 1. The molecule has 0 saturated carbocycles. The number of esters is 1. The van der Waals surface area contributed by atoms with Gasteiger partial charge in [0.25, 0.3) is 0 Å². The van der Waals surface area contributed by atoms with E-state index in [9.17, 15) is 14.3 Å². The lowest BCUT2D eigenvalue weighted by atomic mass is 9.97. The van der Waals surface area contributed by atoms with E-state index >= 15 is 0 Å². The van der Waals surface area contributed by atoms with Crippen molar-refractivity contribution in [3.8, 4) is 11.1 Å². The van der Waals surface area contributed by atoms with Gasteiger partial charge in [0, 0.05) is 17.2 Å². The molecule has 0 aliphatic heterocycles. The third-order valence-corrected chi connectivity index (χ3v) is 3.84. The molecule has 0 unspecified atom stereocenters. The highest BCUT2D eigenvalue weighted by molar-refractivity contribution is 5.81. The number of hydrogen-bond acceptors (Lipinski definition) is 3. The summed E-state index contributed by atoms with van der Waals surface area (Å²) in [7, 11) is 0. The van der Waals surface area contributed by atoms with E-state index in [0.717, 1.165) is 24.5 Å². The normalized spacial score (nSPS) is 10.5. The van der Waals surface area contributed by atoms with Gasteiger partial charge in [0.15, 0.2) is 0 Å². The fourth-order valence-corrected chi connectivity index (χ4v) is 2.53. The molecule has 2 aromatic carbocycles. The van der Waals surface area contributed by atoms with Crippen LogP contribution >= 0.6 is 0 Å². The number of halogens is 1. The van der Waals surface area contributed by atoms with Gasteiger partial charge in [-0.15, -0.1) is 0 Å². The number of hydrogen-bond donors (Lipinski definition) is 1. The van der Waals surface area contributed by atoms with E-state index in [2.05, 4.69) is 13.5 Å². The molecule has 0 aliphatic rings. The Morgan fingerprint density at radius 2 is 1.96 bits per heavy atom. The molecule has 0 amide bonds. The molecule has 0 bridgehead atoms. The van der Waals surface area contributed by atoms with Crippen molar-refractivity contribution in [3.05, 3.63) is 71.6 Å². The summed E-state index contributed by atoms with van der Waals surface area (Å²) in [6.45, 7) is 4.85. The minimum atomic E-state index is -0.632. The largest absolute Gasteiger partial charge is 0.458 e.